The van der Waals surface area contributed by atoms with E-state index in [-0.39, 0.29) is 10.7 Å². The number of rotatable bonds is 4. The number of nitrogens with one attached hydrogen (secondary N) is 1. The number of pyridine rings is 1. The molecule has 0 saturated heterocycles. The minimum Gasteiger partial charge on any atom is -0.478 e. The molecule has 0 spiro atoms. The van der Waals surface area contributed by atoms with E-state index in [9.17, 15) is 18.0 Å². The third-order valence-corrected chi connectivity index (χ3v) is 2.76. The van der Waals surface area contributed by atoms with Crippen molar-refractivity contribution in [1.29, 1.82) is 0 Å². The number of hydrogen-bond donors (Lipinski definition) is 2. The van der Waals surface area contributed by atoms with Crippen molar-refractivity contribution in [2.45, 2.75) is 5.03 Å². The molecule has 8 heteroatoms. The van der Waals surface area contributed by atoms with Crippen molar-refractivity contribution in [2.75, 3.05) is 11.6 Å². The second-order valence-electron chi connectivity index (χ2n) is 3.32. The maximum atomic E-state index is 11.2. The molecule has 2 N–H and O–H groups in total. The number of aliphatic carboxylic acids is 1. The summed E-state index contributed by atoms with van der Waals surface area (Å²) >= 11 is 0. The molecule has 0 bridgehead atoms. The number of aromatic nitrogens is 1. The minimum atomic E-state index is -3.39. The first-order chi connectivity index (χ1) is 8.29. The standard InChI is InChI=1S/C10H10N2O5S/c1-18(16,17)9-4-2-7(6-11-9)12-8(13)3-5-10(14)15/h2-6H,1H3,(H,12,13)(H,14,15)/b5-3+. The van der Waals surface area contributed by atoms with Crippen molar-refractivity contribution in [2.24, 2.45) is 0 Å². The normalized spacial score (nSPS) is 11.4. The van der Waals surface area contributed by atoms with E-state index in [1.54, 1.807) is 0 Å². The fourth-order valence-corrected chi connectivity index (χ4v) is 1.56. The van der Waals surface area contributed by atoms with Gasteiger partial charge in [0.2, 0.25) is 5.91 Å². The minimum absolute atomic E-state index is 0.110. The van der Waals surface area contributed by atoms with Gasteiger partial charge in [0.1, 0.15) is 0 Å². The number of carbonyl (C=O) groups excluding carboxylic acids is 1. The molecule has 0 unspecified atom stereocenters. The zero-order chi connectivity index (χ0) is 13.8. The number of nitrogens with zero attached hydrogens (tertiary/aromatic N) is 1. The third-order valence-electron chi connectivity index (χ3n) is 1.76. The van der Waals surface area contributed by atoms with Gasteiger partial charge in [0.05, 0.1) is 11.9 Å². The largest absolute Gasteiger partial charge is 0.478 e. The van der Waals surface area contributed by atoms with Crippen LogP contribution in [0.5, 0.6) is 0 Å². The van der Waals surface area contributed by atoms with E-state index >= 15 is 0 Å². The fourth-order valence-electron chi connectivity index (χ4n) is 1.00. The van der Waals surface area contributed by atoms with Gasteiger partial charge in [-0.1, -0.05) is 0 Å². The van der Waals surface area contributed by atoms with Crippen molar-refractivity contribution in [3.63, 3.8) is 0 Å². The Hall–Kier alpha value is -2.22. The molecule has 96 valence electrons. The number of sulfone groups is 1. The van der Waals surface area contributed by atoms with Crippen LogP contribution < -0.4 is 5.32 Å². The third kappa shape index (κ3) is 4.34. The predicted molar refractivity (Wildman–Crippen MR) is 62.8 cm³/mol. The van der Waals surface area contributed by atoms with Gasteiger partial charge in [-0.2, -0.15) is 0 Å². The second-order valence-corrected chi connectivity index (χ2v) is 5.28. The summed E-state index contributed by atoms with van der Waals surface area (Å²) in [5.41, 5.74) is 0.266. The van der Waals surface area contributed by atoms with Gasteiger partial charge < -0.3 is 10.4 Å². The highest BCUT2D eigenvalue weighted by Crippen LogP contribution is 2.10. The number of carboxylic acids is 1. The van der Waals surface area contributed by atoms with Crippen molar-refractivity contribution >= 4 is 27.4 Å². The first kappa shape index (κ1) is 13.8. The summed E-state index contributed by atoms with van der Waals surface area (Å²) in [6.07, 6.45) is 3.71. The molecule has 0 aliphatic carbocycles. The van der Waals surface area contributed by atoms with E-state index in [0.717, 1.165) is 12.3 Å². The number of amides is 1. The van der Waals surface area contributed by atoms with Gasteiger partial charge in [-0.3, -0.25) is 4.79 Å². The Morgan fingerprint density at radius 2 is 2.00 bits per heavy atom. The Kier molecular flexibility index (Phi) is 4.16. The Morgan fingerprint density at radius 1 is 1.33 bits per heavy atom. The Balaban J connectivity index is 2.76. The summed E-state index contributed by atoms with van der Waals surface area (Å²) in [5, 5.41) is 10.5. The van der Waals surface area contributed by atoms with Crippen molar-refractivity contribution in [3.8, 4) is 0 Å². The fraction of sp³-hybridized carbons (Fsp3) is 0.100. The first-order valence-corrected chi connectivity index (χ1v) is 6.56. The molecule has 0 radical (unpaired) electrons. The average Bonchev–Trinajstić information content (AvgIpc) is 2.26. The van der Waals surface area contributed by atoms with Gasteiger partial charge in [-0.05, 0) is 12.1 Å². The highest BCUT2D eigenvalue weighted by atomic mass is 32.2. The number of anilines is 1. The van der Waals surface area contributed by atoms with Crippen LogP contribution in [-0.2, 0) is 19.4 Å². The van der Waals surface area contributed by atoms with Gasteiger partial charge in [0.25, 0.3) is 0 Å². The van der Waals surface area contributed by atoms with Crippen LogP contribution in [0.25, 0.3) is 0 Å². The lowest BCUT2D eigenvalue weighted by Gasteiger charge is -2.02. The van der Waals surface area contributed by atoms with Crippen molar-refractivity contribution < 1.29 is 23.1 Å². The van der Waals surface area contributed by atoms with E-state index in [1.165, 1.54) is 18.3 Å². The predicted octanol–water partition coefficient (Wildman–Crippen LogP) is 0.0644. The maximum Gasteiger partial charge on any atom is 0.328 e. The van der Waals surface area contributed by atoms with Gasteiger partial charge in [-0.25, -0.2) is 18.2 Å². The van der Waals surface area contributed by atoms with E-state index in [4.69, 9.17) is 5.11 Å². The lowest BCUT2D eigenvalue weighted by atomic mass is 10.4. The van der Waals surface area contributed by atoms with Crippen molar-refractivity contribution in [1.82, 2.24) is 4.98 Å². The maximum absolute atomic E-state index is 11.2. The SMILES string of the molecule is CS(=O)(=O)c1ccc(NC(=O)/C=C/C(=O)O)cn1. The van der Waals surface area contributed by atoms with Crippen LogP contribution in [0.3, 0.4) is 0 Å². The topological polar surface area (TPSA) is 113 Å². The second kappa shape index (κ2) is 5.41. The molecule has 0 saturated carbocycles. The molecule has 1 heterocycles. The zero-order valence-corrected chi connectivity index (χ0v) is 10.1. The molecular weight excluding hydrogens is 260 g/mol. The van der Waals surface area contributed by atoms with Crippen LogP contribution in [0.1, 0.15) is 0 Å². The van der Waals surface area contributed by atoms with E-state index < -0.39 is 21.7 Å². The lowest BCUT2D eigenvalue weighted by molar-refractivity contribution is -0.131. The molecule has 1 amide bonds. The van der Waals surface area contributed by atoms with Crippen LogP contribution >= 0.6 is 0 Å². The highest BCUT2D eigenvalue weighted by Gasteiger charge is 2.08. The van der Waals surface area contributed by atoms with Crippen LogP contribution in [0.15, 0.2) is 35.5 Å². The molecular formula is C10H10N2O5S. The van der Waals surface area contributed by atoms with Gasteiger partial charge >= 0.3 is 5.97 Å². The highest BCUT2D eigenvalue weighted by molar-refractivity contribution is 7.90. The van der Waals surface area contributed by atoms with E-state index in [0.29, 0.717) is 6.08 Å². The Labute approximate surface area is 103 Å². The summed E-state index contributed by atoms with van der Waals surface area (Å²) in [7, 11) is -3.39. The molecule has 0 fully saturated rings. The first-order valence-electron chi connectivity index (χ1n) is 4.67. The smallest absolute Gasteiger partial charge is 0.328 e. The summed E-state index contributed by atoms with van der Waals surface area (Å²) in [5.74, 6) is -1.89. The summed E-state index contributed by atoms with van der Waals surface area (Å²) in [6.45, 7) is 0. The van der Waals surface area contributed by atoms with Crippen LogP contribution in [0.4, 0.5) is 5.69 Å². The number of carbonyl (C=O) groups is 2. The molecule has 7 nitrogen and oxygen atoms in total. The van der Waals surface area contributed by atoms with Gasteiger partial charge in [-0.15, -0.1) is 0 Å². The van der Waals surface area contributed by atoms with Crippen LogP contribution in [0.2, 0.25) is 0 Å². The summed E-state index contributed by atoms with van der Waals surface area (Å²) < 4.78 is 22.2. The molecule has 1 aromatic heterocycles. The van der Waals surface area contributed by atoms with Crippen LogP contribution in [0, 0.1) is 0 Å². The Morgan fingerprint density at radius 3 is 2.44 bits per heavy atom. The average molecular weight is 270 g/mol. The van der Waals surface area contributed by atoms with Gasteiger partial charge in [0.15, 0.2) is 14.9 Å². The van der Waals surface area contributed by atoms with Gasteiger partial charge in [0, 0.05) is 18.4 Å². The molecule has 1 aromatic rings. The summed E-state index contributed by atoms with van der Waals surface area (Å²) in [4.78, 5) is 25.0. The number of carboxylic acid groups (broad SMARTS) is 1. The lowest BCUT2D eigenvalue weighted by Crippen LogP contribution is -2.09. The van der Waals surface area contributed by atoms with E-state index in [2.05, 4.69) is 10.3 Å². The molecule has 0 atom stereocenters. The zero-order valence-electron chi connectivity index (χ0n) is 9.32. The quantitative estimate of drug-likeness (QED) is 0.748. The molecule has 0 aromatic carbocycles. The molecule has 18 heavy (non-hydrogen) atoms. The molecule has 0 aliphatic rings. The summed E-state index contributed by atoms with van der Waals surface area (Å²) in [6, 6.07) is 2.60. The molecule has 0 aliphatic heterocycles. The Bertz CT molecular complexity index is 589. The number of hydrogen-bond acceptors (Lipinski definition) is 5. The monoisotopic (exact) mass is 270 g/mol. The van der Waals surface area contributed by atoms with Crippen molar-refractivity contribution in [3.05, 3.63) is 30.5 Å². The molecule has 1 rings (SSSR count). The van der Waals surface area contributed by atoms with E-state index in [1.807, 2.05) is 0 Å². The van der Waals surface area contributed by atoms with Crippen LogP contribution in [-0.4, -0.2) is 36.6 Å².